The van der Waals surface area contributed by atoms with Gasteiger partial charge in [0.1, 0.15) is 11.3 Å². The molecule has 0 saturated carbocycles. The first-order valence-electron chi connectivity index (χ1n) is 7.28. The van der Waals surface area contributed by atoms with Crippen LogP contribution in [0.1, 0.15) is 31.8 Å². The van der Waals surface area contributed by atoms with Crippen LogP contribution in [0.5, 0.6) is 5.75 Å². The summed E-state index contributed by atoms with van der Waals surface area (Å²) < 4.78 is 44.3. The third-order valence-corrected chi connectivity index (χ3v) is 3.75. The Kier molecular flexibility index (Phi) is 4.12. The number of nitrogens with one attached hydrogen (secondary N) is 1. The van der Waals surface area contributed by atoms with E-state index >= 15 is 0 Å². The summed E-state index contributed by atoms with van der Waals surface area (Å²) in [6.45, 7) is 0.309. The molecule has 0 spiro atoms. The summed E-state index contributed by atoms with van der Waals surface area (Å²) in [5, 5.41) is 11.6. The highest BCUT2D eigenvalue weighted by atomic mass is 19.4. The van der Waals surface area contributed by atoms with Crippen LogP contribution in [0, 0.1) is 0 Å². The summed E-state index contributed by atoms with van der Waals surface area (Å²) in [4.78, 5) is 23.6. The number of carbonyl (C=O) groups is 2. The van der Waals surface area contributed by atoms with E-state index in [-0.39, 0.29) is 17.0 Å². The van der Waals surface area contributed by atoms with E-state index in [0.717, 1.165) is 12.1 Å². The van der Waals surface area contributed by atoms with E-state index in [0.29, 0.717) is 18.6 Å². The summed E-state index contributed by atoms with van der Waals surface area (Å²) in [7, 11) is 0. The maximum atomic E-state index is 13.0. The zero-order chi connectivity index (χ0) is 18.2. The van der Waals surface area contributed by atoms with E-state index in [1.54, 1.807) is 0 Å². The van der Waals surface area contributed by atoms with Crippen LogP contribution in [-0.2, 0) is 12.6 Å². The summed E-state index contributed by atoms with van der Waals surface area (Å²) in [6, 6.07) is 7.06. The summed E-state index contributed by atoms with van der Waals surface area (Å²) in [5.74, 6) is -1.99. The second kappa shape index (κ2) is 6.12. The molecule has 130 valence electrons. The van der Waals surface area contributed by atoms with E-state index in [1.165, 1.54) is 24.3 Å². The number of benzene rings is 2. The highest BCUT2D eigenvalue weighted by molar-refractivity contribution is 6.06. The van der Waals surface area contributed by atoms with Gasteiger partial charge in [-0.1, -0.05) is 12.1 Å². The highest BCUT2D eigenvalue weighted by Crippen LogP contribution is 2.34. The number of alkyl halides is 3. The number of carboxylic acid groups (broad SMARTS) is 1. The van der Waals surface area contributed by atoms with Crippen LogP contribution < -0.4 is 10.1 Å². The number of anilines is 1. The minimum Gasteiger partial charge on any atom is -0.492 e. The first-order chi connectivity index (χ1) is 11.8. The standard InChI is InChI=1S/C17H12F3NO4/c18-17(19,20)13-4-2-1-3-11(13)15(22)21-10-7-9-5-6-25-14(9)12(8-10)16(23)24/h1-4,7-8H,5-6H2,(H,21,22)(H,23,24). The quantitative estimate of drug-likeness (QED) is 0.886. The molecule has 0 saturated heterocycles. The van der Waals surface area contributed by atoms with Crippen molar-refractivity contribution in [1.82, 2.24) is 0 Å². The molecule has 2 aromatic rings. The van der Waals surface area contributed by atoms with Gasteiger partial charge in [0, 0.05) is 17.7 Å². The van der Waals surface area contributed by atoms with Gasteiger partial charge in [-0.25, -0.2) is 4.79 Å². The van der Waals surface area contributed by atoms with Crippen molar-refractivity contribution in [3.63, 3.8) is 0 Å². The number of rotatable bonds is 3. The molecular formula is C17H12F3NO4. The molecule has 1 aliphatic rings. The molecule has 0 atom stereocenters. The number of carboxylic acids is 1. The van der Waals surface area contributed by atoms with Gasteiger partial charge >= 0.3 is 12.1 Å². The minimum absolute atomic E-state index is 0.101. The Balaban J connectivity index is 1.95. The molecule has 8 heteroatoms. The Morgan fingerprint density at radius 3 is 2.52 bits per heavy atom. The normalized spacial score (nSPS) is 13.1. The summed E-state index contributed by atoms with van der Waals surface area (Å²) in [6.07, 6.45) is -4.22. The van der Waals surface area contributed by atoms with Gasteiger partial charge in [-0.05, 0) is 24.3 Å². The molecule has 1 heterocycles. The molecule has 0 fully saturated rings. The predicted molar refractivity (Wildman–Crippen MR) is 82.0 cm³/mol. The highest BCUT2D eigenvalue weighted by Gasteiger charge is 2.35. The summed E-state index contributed by atoms with van der Waals surface area (Å²) >= 11 is 0. The van der Waals surface area contributed by atoms with E-state index in [9.17, 15) is 27.9 Å². The van der Waals surface area contributed by atoms with E-state index in [4.69, 9.17) is 4.74 Å². The molecule has 1 amide bonds. The minimum atomic E-state index is -4.67. The van der Waals surface area contributed by atoms with Crippen molar-refractivity contribution in [3.8, 4) is 5.75 Å². The number of ether oxygens (including phenoxy) is 1. The van der Waals surface area contributed by atoms with Crippen LogP contribution in [0.3, 0.4) is 0 Å². The molecule has 2 N–H and O–H groups in total. The maximum absolute atomic E-state index is 13.0. The van der Waals surface area contributed by atoms with Crippen molar-refractivity contribution in [2.24, 2.45) is 0 Å². The van der Waals surface area contributed by atoms with Crippen molar-refractivity contribution in [2.75, 3.05) is 11.9 Å². The number of fused-ring (bicyclic) bond motifs is 1. The molecule has 0 bridgehead atoms. The average Bonchev–Trinajstić information content (AvgIpc) is 3.01. The largest absolute Gasteiger partial charge is 0.492 e. The van der Waals surface area contributed by atoms with Gasteiger partial charge in [-0.15, -0.1) is 0 Å². The molecule has 2 aromatic carbocycles. The third-order valence-electron chi connectivity index (χ3n) is 3.75. The van der Waals surface area contributed by atoms with Crippen molar-refractivity contribution in [1.29, 1.82) is 0 Å². The van der Waals surface area contributed by atoms with Crippen molar-refractivity contribution in [3.05, 3.63) is 58.7 Å². The van der Waals surface area contributed by atoms with Gasteiger partial charge in [0.25, 0.3) is 5.91 Å². The van der Waals surface area contributed by atoms with Crippen molar-refractivity contribution >= 4 is 17.6 Å². The number of aromatic carboxylic acids is 1. The van der Waals surface area contributed by atoms with Crippen molar-refractivity contribution in [2.45, 2.75) is 12.6 Å². The smallest absolute Gasteiger partial charge is 0.417 e. The Labute approximate surface area is 140 Å². The van der Waals surface area contributed by atoms with Crippen LogP contribution in [-0.4, -0.2) is 23.6 Å². The molecule has 0 radical (unpaired) electrons. The summed E-state index contributed by atoms with van der Waals surface area (Å²) in [5.41, 5.74) is -1.06. The lowest BCUT2D eigenvalue weighted by Gasteiger charge is -2.13. The number of hydrogen-bond donors (Lipinski definition) is 2. The molecule has 1 aliphatic heterocycles. The van der Waals surface area contributed by atoms with Gasteiger partial charge in [0.05, 0.1) is 17.7 Å². The average molecular weight is 351 g/mol. The van der Waals surface area contributed by atoms with Gasteiger partial charge in [0.15, 0.2) is 0 Å². The van der Waals surface area contributed by atoms with E-state index in [1.807, 2.05) is 0 Å². The Bertz CT molecular complexity index is 861. The molecular weight excluding hydrogens is 339 g/mol. The first kappa shape index (κ1) is 16.8. The molecule has 0 unspecified atom stereocenters. The lowest BCUT2D eigenvalue weighted by atomic mass is 10.0. The molecule has 0 aliphatic carbocycles. The fourth-order valence-corrected chi connectivity index (χ4v) is 2.67. The number of carbonyl (C=O) groups excluding carboxylic acids is 1. The zero-order valence-electron chi connectivity index (χ0n) is 12.7. The fourth-order valence-electron chi connectivity index (χ4n) is 2.67. The molecule has 25 heavy (non-hydrogen) atoms. The third kappa shape index (κ3) is 3.28. The predicted octanol–water partition coefficient (Wildman–Crippen LogP) is 3.59. The molecule has 3 rings (SSSR count). The fraction of sp³-hybridized carbons (Fsp3) is 0.176. The number of hydrogen-bond acceptors (Lipinski definition) is 3. The van der Waals surface area contributed by atoms with Gasteiger partial charge in [-0.3, -0.25) is 4.79 Å². The van der Waals surface area contributed by atoms with Crippen LogP contribution >= 0.6 is 0 Å². The van der Waals surface area contributed by atoms with Gasteiger partial charge < -0.3 is 15.2 Å². The van der Waals surface area contributed by atoms with Crippen molar-refractivity contribution < 1.29 is 32.6 Å². The maximum Gasteiger partial charge on any atom is 0.417 e. The van der Waals surface area contributed by atoms with Gasteiger partial charge in [-0.2, -0.15) is 13.2 Å². The first-order valence-corrected chi connectivity index (χ1v) is 7.28. The lowest BCUT2D eigenvalue weighted by molar-refractivity contribution is -0.137. The second-order valence-corrected chi connectivity index (χ2v) is 5.41. The van der Waals surface area contributed by atoms with E-state index < -0.39 is 29.2 Å². The SMILES string of the molecule is O=C(Nc1cc2c(c(C(=O)O)c1)OCC2)c1ccccc1C(F)(F)F. The Hall–Kier alpha value is -3.03. The monoisotopic (exact) mass is 351 g/mol. The number of halogens is 3. The topological polar surface area (TPSA) is 75.6 Å². The van der Waals surface area contributed by atoms with Crippen LogP contribution in [0.4, 0.5) is 18.9 Å². The van der Waals surface area contributed by atoms with Crippen LogP contribution in [0.25, 0.3) is 0 Å². The van der Waals surface area contributed by atoms with E-state index in [2.05, 4.69) is 5.32 Å². The van der Waals surface area contributed by atoms with Crippen LogP contribution in [0.2, 0.25) is 0 Å². The van der Waals surface area contributed by atoms with Gasteiger partial charge in [0.2, 0.25) is 0 Å². The number of amides is 1. The lowest BCUT2D eigenvalue weighted by Crippen LogP contribution is -2.19. The molecule has 0 aromatic heterocycles. The second-order valence-electron chi connectivity index (χ2n) is 5.41. The molecule has 5 nitrogen and oxygen atoms in total. The Morgan fingerprint density at radius 1 is 1.12 bits per heavy atom. The Morgan fingerprint density at radius 2 is 1.84 bits per heavy atom. The van der Waals surface area contributed by atoms with Crippen LogP contribution in [0.15, 0.2) is 36.4 Å². The zero-order valence-corrected chi connectivity index (χ0v) is 12.7.